The molecule has 0 fully saturated rings. The highest BCUT2D eigenvalue weighted by atomic mass is 16.5. The Kier molecular flexibility index (Phi) is 3.50. The molecule has 0 aliphatic carbocycles. The number of carbonyl (C=O) groups excluding carboxylic acids is 3. The molecule has 2 amide bonds. The van der Waals surface area contributed by atoms with Gasteiger partial charge in [0.2, 0.25) is 5.78 Å². The zero-order valence-electron chi connectivity index (χ0n) is 10.7. The second kappa shape index (κ2) is 5.09. The first-order valence-corrected chi connectivity index (χ1v) is 5.80. The lowest BCUT2D eigenvalue weighted by Gasteiger charge is -2.26. The van der Waals surface area contributed by atoms with Crippen molar-refractivity contribution in [2.45, 2.75) is 13.5 Å². The van der Waals surface area contributed by atoms with E-state index in [-0.39, 0.29) is 19.1 Å². The first-order chi connectivity index (χ1) is 8.99. The summed E-state index contributed by atoms with van der Waals surface area (Å²) in [6, 6.07) is 5.28. The van der Waals surface area contributed by atoms with Crippen molar-refractivity contribution < 1.29 is 19.1 Å². The number of amides is 2. The van der Waals surface area contributed by atoms with Gasteiger partial charge in [-0.15, -0.1) is 0 Å². The lowest BCUT2D eigenvalue weighted by atomic mass is 10.1. The molecule has 1 aromatic rings. The van der Waals surface area contributed by atoms with Crippen LogP contribution in [0.25, 0.3) is 0 Å². The van der Waals surface area contributed by atoms with Crippen molar-refractivity contribution in [1.29, 1.82) is 0 Å². The van der Waals surface area contributed by atoms with Gasteiger partial charge in [-0.1, -0.05) is 6.07 Å². The lowest BCUT2D eigenvalue weighted by molar-refractivity contribution is -0.136. The Balaban J connectivity index is 2.14. The lowest BCUT2D eigenvalue weighted by Crippen LogP contribution is -2.35. The van der Waals surface area contributed by atoms with Crippen LogP contribution in [0.1, 0.15) is 12.5 Å². The highest BCUT2D eigenvalue weighted by Crippen LogP contribution is 2.31. The monoisotopic (exact) mass is 262 g/mol. The third-order valence-electron chi connectivity index (χ3n) is 2.88. The number of hydrogen-bond acceptors (Lipinski definition) is 4. The molecule has 1 aromatic carbocycles. The Morgan fingerprint density at radius 1 is 1.42 bits per heavy atom. The highest BCUT2D eigenvalue weighted by Gasteiger charge is 2.22. The van der Waals surface area contributed by atoms with Gasteiger partial charge in [-0.2, -0.15) is 0 Å². The number of benzene rings is 1. The second-order valence-electron chi connectivity index (χ2n) is 4.28. The summed E-state index contributed by atoms with van der Waals surface area (Å²) in [5.41, 5.74) is 1.45. The zero-order valence-corrected chi connectivity index (χ0v) is 10.7. The van der Waals surface area contributed by atoms with Crippen molar-refractivity contribution in [1.82, 2.24) is 5.32 Å². The molecule has 1 aliphatic heterocycles. The van der Waals surface area contributed by atoms with E-state index in [9.17, 15) is 14.4 Å². The summed E-state index contributed by atoms with van der Waals surface area (Å²) in [6.07, 6.45) is 0. The maximum Gasteiger partial charge on any atom is 0.287 e. The summed E-state index contributed by atoms with van der Waals surface area (Å²) in [4.78, 5) is 35.0. The molecule has 0 atom stereocenters. The minimum atomic E-state index is -0.626. The van der Waals surface area contributed by atoms with Gasteiger partial charge in [0.25, 0.3) is 11.8 Å². The molecule has 0 aromatic heterocycles. The largest absolute Gasteiger partial charge is 0.482 e. The van der Waals surface area contributed by atoms with E-state index < -0.39 is 11.7 Å². The van der Waals surface area contributed by atoms with Crippen LogP contribution in [0.15, 0.2) is 18.2 Å². The minimum Gasteiger partial charge on any atom is -0.482 e. The van der Waals surface area contributed by atoms with Gasteiger partial charge < -0.3 is 15.0 Å². The molecule has 0 saturated carbocycles. The topological polar surface area (TPSA) is 75.7 Å². The Hall–Kier alpha value is -2.37. The molecule has 1 heterocycles. The molecular weight excluding hydrogens is 248 g/mol. The number of anilines is 1. The predicted molar refractivity (Wildman–Crippen MR) is 67.9 cm³/mol. The van der Waals surface area contributed by atoms with Crippen LogP contribution in [0.4, 0.5) is 5.69 Å². The number of fused-ring (bicyclic) bond motifs is 1. The van der Waals surface area contributed by atoms with Crippen molar-refractivity contribution in [3.8, 4) is 5.75 Å². The van der Waals surface area contributed by atoms with Crippen molar-refractivity contribution in [3.63, 3.8) is 0 Å². The van der Waals surface area contributed by atoms with Crippen molar-refractivity contribution in [2.24, 2.45) is 0 Å². The van der Waals surface area contributed by atoms with Crippen molar-refractivity contribution >= 4 is 23.3 Å². The van der Waals surface area contributed by atoms with Crippen LogP contribution in [-0.4, -0.2) is 31.3 Å². The van der Waals surface area contributed by atoms with Crippen LogP contribution < -0.4 is 15.0 Å². The van der Waals surface area contributed by atoms with E-state index >= 15 is 0 Å². The standard InChI is InChI=1S/C13H14N2O4/c1-8(16)13(18)14-6-9-3-4-11-10(5-9)15(2)12(17)7-19-11/h3-5H,6-7H2,1-2H3,(H,14,18). The van der Waals surface area contributed by atoms with Gasteiger partial charge >= 0.3 is 0 Å². The molecule has 1 N–H and O–H groups in total. The van der Waals surface area contributed by atoms with Crippen LogP contribution in [0.5, 0.6) is 5.75 Å². The van der Waals surface area contributed by atoms with E-state index in [1.165, 1.54) is 11.8 Å². The van der Waals surface area contributed by atoms with E-state index in [2.05, 4.69) is 5.32 Å². The van der Waals surface area contributed by atoms with E-state index in [1.54, 1.807) is 25.2 Å². The number of ether oxygens (including phenoxy) is 1. The van der Waals surface area contributed by atoms with E-state index in [0.717, 1.165) is 5.56 Å². The first kappa shape index (κ1) is 13.1. The van der Waals surface area contributed by atoms with Crippen LogP contribution in [0.2, 0.25) is 0 Å². The fourth-order valence-electron chi connectivity index (χ4n) is 1.73. The molecule has 1 aliphatic rings. The van der Waals surface area contributed by atoms with Gasteiger partial charge in [0, 0.05) is 20.5 Å². The van der Waals surface area contributed by atoms with Crippen LogP contribution in [0.3, 0.4) is 0 Å². The Morgan fingerprint density at radius 3 is 2.84 bits per heavy atom. The number of nitrogens with zero attached hydrogens (tertiary/aromatic N) is 1. The number of Topliss-reactive ketones (excluding diaryl/α,β-unsaturated/α-hetero) is 1. The summed E-state index contributed by atoms with van der Waals surface area (Å²) in [6.45, 7) is 1.47. The third-order valence-corrected chi connectivity index (χ3v) is 2.88. The molecule has 0 spiro atoms. The van der Waals surface area contributed by atoms with Crippen LogP contribution in [-0.2, 0) is 20.9 Å². The SMILES string of the molecule is CC(=O)C(=O)NCc1ccc2c(c1)N(C)C(=O)CO2. The summed E-state index contributed by atoms with van der Waals surface area (Å²) >= 11 is 0. The summed E-state index contributed by atoms with van der Waals surface area (Å²) in [5, 5.41) is 2.50. The molecule has 0 radical (unpaired) electrons. The van der Waals surface area contributed by atoms with E-state index in [0.29, 0.717) is 11.4 Å². The van der Waals surface area contributed by atoms with Gasteiger partial charge in [0.15, 0.2) is 6.61 Å². The molecule has 0 saturated heterocycles. The van der Waals surface area contributed by atoms with Crippen molar-refractivity contribution in [3.05, 3.63) is 23.8 Å². The maximum atomic E-state index is 11.5. The Labute approximate surface area is 110 Å². The normalized spacial score (nSPS) is 13.6. The second-order valence-corrected chi connectivity index (χ2v) is 4.28. The van der Waals surface area contributed by atoms with Crippen molar-refractivity contribution in [2.75, 3.05) is 18.6 Å². The molecule has 6 heteroatoms. The maximum absolute atomic E-state index is 11.5. The van der Waals surface area contributed by atoms with E-state index in [1.807, 2.05) is 0 Å². The minimum absolute atomic E-state index is 0.0317. The average Bonchev–Trinajstić information content (AvgIpc) is 2.40. The number of rotatable bonds is 3. The summed E-state index contributed by atoms with van der Waals surface area (Å²) in [5.74, 6) is -0.659. The van der Waals surface area contributed by atoms with E-state index in [4.69, 9.17) is 4.74 Å². The van der Waals surface area contributed by atoms with Gasteiger partial charge in [-0.25, -0.2) is 0 Å². The number of ketones is 1. The average molecular weight is 262 g/mol. The van der Waals surface area contributed by atoms with Crippen LogP contribution in [0, 0.1) is 0 Å². The Morgan fingerprint density at radius 2 is 2.16 bits per heavy atom. The molecular formula is C13H14N2O4. The van der Waals surface area contributed by atoms with Gasteiger partial charge in [-0.05, 0) is 17.7 Å². The molecule has 0 unspecified atom stereocenters. The molecule has 2 rings (SSSR count). The molecule has 6 nitrogen and oxygen atoms in total. The van der Waals surface area contributed by atoms with Gasteiger partial charge in [-0.3, -0.25) is 14.4 Å². The summed E-state index contributed by atoms with van der Waals surface area (Å²) in [7, 11) is 1.67. The highest BCUT2D eigenvalue weighted by molar-refractivity contribution is 6.35. The first-order valence-electron chi connectivity index (χ1n) is 5.80. The quantitative estimate of drug-likeness (QED) is 0.792. The fraction of sp³-hybridized carbons (Fsp3) is 0.308. The fourth-order valence-corrected chi connectivity index (χ4v) is 1.73. The number of likely N-dealkylation sites (N-methyl/N-ethyl adjacent to an activating group) is 1. The zero-order chi connectivity index (χ0) is 14.0. The summed E-state index contributed by atoms with van der Waals surface area (Å²) < 4.78 is 5.29. The molecule has 0 bridgehead atoms. The molecule has 19 heavy (non-hydrogen) atoms. The van der Waals surface area contributed by atoms with Gasteiger partial charge in [0.05, 0.1) is 5.69 Å². The number of nitrogens with one attached hydrogen (secondary N) is 1. The Bertz CT molecular complexity index is 554. The predicted octanol–water partition coefficient (Wildman–Crippen LogP) is 0.247. The van der Waals surface area contributed by atoms with Crippen LogP contribution >= 0.6 is 0 Å². The molecule has 100 valence electrons. The number of carbonyl (C=O) groups is 3. The third kappa shape index (κ3) is 2.73. The smallest absolute Gasteiger partial charge is 0.287 e. The number of hydrogen-bond donors (Lipinski definition) is 1. The van der Waals surface area contributed by atoms with Gasteiger partial charge in [0.1, 0.15) is 5.75 Å².